The summed E-state index contributed by atoms with van der Waals surface area (Å²) < 4.78 is 5.18. The maximum Gasteiger partial charge on any atom is 0.322 e. The molecular weight excluding hydrogens is 356 g/mol. The first-order valence-corrected chi connectivity index (χ1v) is 8.55. The lowest BCUT2D eigenvalue weighted by Gasteiger charge is -2.08. The summed E-state index contributed by atoms with van der Waals surface area (Å²) in [5, 5.41) is 16.6. The van der Waals surface area contributed by atoms with E-state index < -0.39 is 18.4 Å². The van der Waals surface area contributed by atoms with Gasteiger partial charge in [0.05, 0.1) is 19.0 Å². The number of fused-ring (bicyclic) bond motifs is 1. The van der Waals surface area contributed by atoms with Gasteiger partial charge in [-0.15, -0.1) is 11.3 Å². The minimum absolute atomic E-state index is 0.0860. The van der Waals surface area contributed by atoms with Gasteiger partial charge in [0.25, 0.3) is 0 Å². The number of aromatic nitrogens is 2. The van der Waals surface area contributed by atoms with Crippen molar-refractivity contribution in [3.05, 3.63) is 36.0 Å². The van der Waals surface area contributed by atoms with Crippen LogP contribution < -0.4 is 15.4 Å². The number of benzene rings is 1. The van der Waals surface area contributed by atoms with E-state index in [4.69, 9.17) is 9.84 Å². The number of thiophene rings is 1. The van der Waals surface area contributed by atoms with Crippen LogP contribution in [0.2, 0.25) is 0 Å². The van der Waals surface area contributed by atoms with Gasteiger partial charge in [-0.1, -0.05) is 12.1 Å². The zero-order valence-electron chi connectivity index (χ0n) is 13.9. The van der Waals surface area contributed by atoms with Crippen molar-refractivity contribution >= 4 is 39.2 Å². The summed E-state index contributed by atoms with van der Waals surface area (Å²) in [7, 11) is 1.61. The van der Waals surface area contributed by atoms with Crippen molar-refractivity contribution in [1.82, 2.24) is 15.3 Å². The van der Waals surface area contributed by atoms with Crippen molar-refractivity contribution in [3.8, 4) is 16.9 Å². The number of amides is 1. The molecule has 0 saturated carbocycles. The average molecular weight is 372 g/mol. The molecule has 8 nitrogen and oxygen atoms in total. The van der Waals surface area contributed by atoms with E-state index in [9.17, 15) is 9.59 Å². The molecule has 26 heavy (non-hydrogen) atoms. The number of nitrogens with one attached hydrogen (secondary N) is 2. The van der Waals surface area contributed by atoms with Gasteiger partial charge in [0, 0.05) is 10.9 Å². The number of carbonyl (C=O) groups excluding carboxylic acids is 1. The molecule has 0 radical (unpaired) electrons. The van der Waals surface area contributed by atoms with Crippen LogP contribution in [0, 0.1) is 0 Å². The first kappa shape index (κ1) is 17.6. The summed E-state index contributed by atoms with van der Waals surface area (Å²) in [6.07, 6.45) is 1.42. The minimum atomic E-state index is -1.09. The highest BCUT2D eigenvalue weighted by Crippen LogP contribution is 2.36. The second-order valence-electron chi connectivity index (χ2n) is 5.30. The fourth-order valence-corrected chi connectivity index (χ4v) is 3.31. The van der Waals surface area contributed by atoms with Crippen molar-refractivity contribution in [3.63, 3.8) is 0 Å². The van der Waals surface area contributed by atoms with Gasteiger partial charge in [0.1, 0.15) is 29.3 Å². The summed E-state index contributed by atoms with van der Waals surface area (Å²) in [6, 6.07) is 7.62. The number of ether oxygens (including phenoxy) is 1. The van der Waals surface area contributed by atoms with Gasteiger partial charge in [-0.3, -0.25) is 9.59 Å². The Morgan fingerprint density at radius 3 is 2.65 bits per heavy atom. The van der Waals surface area contributed by atoms with E-state index in [1.165, 1.54) is 17.7 Å². The number of hydrogen-bond donors (Lipinski definition) is 3. The van der Waals surface area contributed by atoms with E-state index in [1.807, 2.05) is 29.6 Å². The second-order valence-corrected chi connectivity index (χ2v) is 6.16. The molecule has 0 spiro atoms. The Hall–Kier alpha value is -3.20. The van der Waals surface area contributed by atoms with Gasteiger partial charge in [-0.25, -0.2) is 9.97 Å². The number of carbonyl (C=O) groups is 2. The summed E-state index contributed by atoms with van der Waals surface area (Å²) in [4.78, 5) is 31.5. The number of carboxylic acids is 1. The van der Waals surface area contributed by atoms with Crippen LogP contribution in [-0.4, -0.2) is 47.2 Å². The predicted octanol–water partition coefficient (Wildman–Crippen LogP) is 1.98. The third-order valence-corrected chi connectivity index (χ3v) is 4.51. The quantitative estimate of drug-likeness (QED) is 0.581. The van der Waals surface area contributed by atoms with Crippen LogP contribution in [0.15, 0.2) is 36.0 Å². The smallest absolute Gasteiger partial charge is 0.322 e. The molecule has 0 fully saturated rings. The molecule has 0 aliphatic rings. The molecule has 0 aliphatic carbocycles. The Kier molecular flexibility index (Phi) is 5.28. The standard InChI is InChI=1S/C17H16N4O4S/c1-25-11-4-2-10(3-5-11)12-8-26-17-15(12)16(20-9-21-17)19-6-13(22)18-7-14(23)24/h2-5,8-9H,6-7H2,1H3,(H,18,22)(H,23,24)(H,19,20,21). The number of methoxy groups -OCH3 is 1. The van der Waals surface area contributed by atoms with Crippen LogP contribution in [0.25, 0.3) is 21.3 Å². The zero-order valence-corrected chi connectivity index (χ0v) is 14.7. The van der Waals surface area contributed by atoms with Gasteiger partial charge in [0.15, 0.2) is 0 Å². The van der Waals surface area contributed by atoms with Crippen LogP contribution in [-0.2, 0) is 9.59 Å². The molecule has 0 saturated heterocycles. The van der Waals surface area contributed by atoms with Crippen LogP contribution in [0.4, 0.5) is 5.82 Å². The van der Waals surface area contributed by atoms with Gasteiger partial charge in [0.2, 0.25) is 5.91 Å². The summed E-state index contributed by atoms with van der Waals surface area (Å²) >= 11 is 1.48. The molecule has 0 aliphatic heterocycles. The maximum atomic E-state index is 11.7. The van der Waals surface area contributed by atoms with Crippen LogP contribution in [0.5, 0.6) is 5.75 Å². The molecule has 134 valence electrons. The first-order valence-electron chi connectivity index (χ1n) is 7.67. The van der Waals surface area contributed by atoms with E-state index in [1.54, 1.807) is 7.11 Å². The molecule has 9 heteroatoms. The average Bonchev–Trinajstić information content (AvgIpc) is 3.09. The van der Waals surface area contributed by atoms with Gasteiger partial charge < -0.3 is 20.5 Å². The molecule has 1 amide bonds. The van der Waals surface area contributed by atoms with Crippen molar-refractivity contribution in [2.75, 3.05) is 25.5 Å². The summed E-state index contributed by atoms with van der Waals surface area (Å²) in [5.74, 6) is -0.242. The normalized spacial score (nSPS) is 10.5. The largest absolute Gasteiger partial charge is 0.497 e. The molecule has 2 heterocycles. The summed E-state index contributed by atoms with van der Waals surface area (Å²) in [6.45, 7) is -0.507. The Balaban J connectivity index is 1.85. The highest BCUT2D eigenvalue weighted by molar-refractivity contribution is 7.17. The molecular formula is C17H16N4O4S. The van der Waals surface area contributed by atoms with E-state index in [-0.39, 0.29) is 6.54 Å². The zero-order chi connectivity index (χ0) is 18.5. The third kappa shape index (κ3) is 3.89. The molecule has 1 aromatic carbocycles. The monoisotopic (exact) mass is 372 g/mol. The number of nitrogens with zero attached hydrogens (tertiary/aromatic N) is 2. The SMILES string of the molecule is COc1ccc(-c2csc3ncnc(NCC(=O)NCC(=O)O)c23)cc1. The van der Waals surface area contributed by atoms with Crippen molar-refractivity contribution in [1.29, 1.82) is 0 Å². The Labute approximate surface area is 152 Å². The molecule has 3 N–H and O–H groups in total. The van der Waals surface area contributed by atoms with Crippen molar-refractivity contribution < 1.29 is 19.4 Å². The fraction of sp³-hybridized carbons (Fsp3) is 0.176. The van der Waals surface area contributed by atoms with Crippen LogP contribution in [0.1, 0.15) is 0 Å². The first-order chi connectivity index (χ1) is 12.6. The second kappa shape index (κ2) is 7.79. The van der Waals surface area contributed by atoms with Gasteiger partial charge >= 0.3 is 5.97 Å². The number of anilines is 1. The number of carboxylic acid groups (broad SMARTS) is 1. The van der Waals surface area contributed by atoms with Crippen LogP contribution in [0.3, 0.4) is 0 Å². The molecule has 0 bridgehead atoms. The Morgan fingerprint density at radius 1 is 1.19 bits per heavy atom. The van der Waals surface area contributed by atoms with E-state index in [0.29, 0.717) is 5.82 Å². The van der Waals surface area contributed by atoms with E-state index in [0.717, 1.165) is 27.1 Å². The topological polar surface area (TPSA) is 113 Å². The third-order valence-electron chi connectivity index (χ3n) is 3.62. The predicted molar refractivity (Wildman–Crippen MR) is 98.5 cm³/mol. The highest BCUT2D eigenvalue weighted by atomic mass is 32.1. The fourth-order valence-electron chi connectivity index (χ4n) is 2.39. The van der Waals surface area contributed by atoms with E-state index in [2.05, 4.69) is 20.6 Å². The van der Waals surface area contributed by atoms with E-state index >= 15 is 0 Å². The highest BCUT2D eigenvalue weighted by Gasteiger charge is 2.14. The van der Waals surface area contributed by atoms with Crippen molar-refractivity contribution in [2.45, 2.75) is 0 Å². The lowest BCUT2D eigenvalue weighted by molar-refractivity contribution is -0.137. The Bertz CT molecular complexity index is 940. The molecule has 0 unspecified atom stereocenters. The van der Waals surface area contributed by atoms with Gasteiger partial charge in [-0.05, 0) is 17.7 Å². The van der Waals surface area contributed by atoms with Crippen molar-refractivity contribution in [2.24, 2.45) is 0 Å². The molecule has 3 rings (SSSR count). The lowest BCUT2D eigenvalue weighted by Crippen LogP contribution is -2.34. The Morgan fingerprint density at radius 2 is 1.96 bits per heavy atom. The summed E-state index contributed by atoms with van der Waals surface area (Å²) in [5.41, 5.74) is 1.92. The number of aliphatic carboxylic acids is 1. The lowest BCUT2D eigenvalue weighted by atomic mass is 10.1. The number of hydrogen-bond acceptors (Lipinski definition) is 7. The van der Waals surface area contributed by atoms with Gasteiger partial charge in [-0.2, -0.15) is 0 Å². The molecule has 2 aromatic heterocycles. The minimum Gasteiger partial charge on any atom is -0.497 e. The number of rotatable bonds is 7. The maximum absolute atomic E-state index is 11.7. The van der Waals surface area contributed by atoms with Crippen LogP contribution >= 0.6 is 11.3 Å². The molecule has 0 atom stereocenters. The molecule has 3 aromatic rings.